The van der Waals surface area contributed by atoms with Crippen LogP contribution in [0.1, 0.15) is 17.0 Å². The predicted octanol–water partition coefficient (Wildman–Crippen LogP) is 4.08. The Kier molecular flexibility index (Phi) is 4.06. The summed E-state index contributed by atoms with van der Waals surface area (Å²) in [6, 6.07) is 15.5. The molecule has 2 aromatic carbocycles. The van der Waals surface area contributed by atoms with Gasteiger partial charge in [0.15, 0.2) is 0 Å². The molecule has 1 nitrogen and oxygen atoms in total. The Morgan fingerprint density at radius 2 is 1.35 bits per heavy atom. The Hall–Kier alpha value is -1.02. The summed E-state index contributed by atoms with van der Waals surface area (Å²) in [6.07, 6.45) is 0. The molecule has 0 amide bonds. The van der Waals surface area contributed by atoms with Crippen molar-refractivity contribution in [2.24, 2.45) is 5.73 Å². The largest absolute Gasteiger partial charge is 0.330 e. The highest BCUT2D eigenvalue weighted by Gasteiger charge is 2.12. The monoisotopic (exact) mass is 265 g/mol. The van der Waals surface area contributed by atoms with Gasteiger partial charge in [-0.25, -0.2) is 0 Å². The molecule has 2 N–H and O–H groups in total. The van der Waals surface area contributed by atoms with E-state index < -0.39 is 0 Å². The van der Waals surface area contributed by atoms with Crippen LogP contribution >= 0.6 is 23.2 Å². The number of benzene rings is 2. The Bertz CT molecular complexity index is 466. The summed E-state index contributed by atoms with van der Waals surface area (Å²) in [6.45, 7) is 0.528. The van der Waals surface area contributed by atoms with E-state index in [1.54, 1.807) is 0 Å². The first-order valence-electron chi connectivity index (χ1n) is 5.41. The van der Waals surface area contributed by atoms with E-state index in [2.05, 4.69) is 0 Å². The first-order chi connectivity index (χ1) is 8.20. The standard InChI is InChI=1S/C14H13Cl2N/c15-12-5-1-3-10(7-12)14(9-17)11-4-2-6-13(16)8-11/h1-8,14H,9,17H2. The molecule has 0 aliphatic rings. The van der Waals surface area contributed by atoms with Crippen molar-refractivity contribution in [2.75, 3.05) is 6.54 Å². The van der Waals surface area contributed by atoms with Gasteiger partial charge in [-0.1, -0.05) is 47.5 Å². The quantitative estimate of drug-likeness (QED) is 0.889. The molecule has 17 heavy (non-hydrogen) atoms. The van der Waals surface area contributed by atoms with Gasteiger partial charge in [-0.3, -0.25) is 0 Å². The van der Waals surface area contributed by atoms with Gasteiger partial charge >= 0.3 is 0 Å². The van der Waals surface area contributed by atoms with E-state index >= 15 is 0 Å². The summed E-state index contributed by atoms with van der Waals surface area (Å²) in [7, 11) is 0. The molecule has 0 radical (unpaired) electrons. The molecule has 0 saturated carbocycles. The Balaban J connectivity index is 2.40. The molecule has 0 aliphatic heterocycles. The highest BCUT2D eigenvalue weighted by molar-refractivity contribution is 6.31. The molecule has 0 saturated heterocycles. The van der Waals surface area contributed by atoms with Crippen molar-refractivity contribution in [3.63, 3.8) is 0 Å². The lowest BCUT2D eigenvalue weighted by molar-refractivity contribution is 0.819. The fraction of sp³-hybridized carbons (Fsp3) is 0.143. The van der Waals surface area contributed by atoms with Crippen LogP contribution in [0.4, 0.5) is 0 Å². The van der Waals surface area contributed by atoms with Crippen molar-refractivity contribution in [1.29, 1.82) is 0 Å². The predicted molar refractivity (Wildman–Crippen MR) is 73.8 cm³/mol. The second-order valence-electron chi connectivity index (χ2n) is 3.90. The third-order valence-electron chi connectivity index (χ3n) is 2.74. The average molecular weight is 266 g/mol. The number of hydrogen-bond donors (Lipinski definition) is 1. The summed E-state index contributed by atoms with van der Waals surface area (Å²) < 4.78 is 0. The van der Waals surface area contributed by atoms with Crippen LogP contribution in [-0.4, -0.2) is 6.54 Å². The van der Waals surface area contributed by atoms with Crippen LogP contribution in [0.3, 0.4) is 0 Å². The molecule has 2 aromatic rings. The van der Waals surface area contributed by atoms with Crippen LogP contribution in [0.5, 0.6) is 0 Å². The van der Waals surface area contributed by atoms with Crippen LogP contribution in [-0.2, 0) is 0 Å². The second kappa shape index (κ2) is 5.54. The Morgan fingerprint density at radius 1 is 0.882 bits per heavy atom. The zero-order chi connectivity index (χ0) is 12.3. The van der Waals surface area contributed by atoms with Crippen molar-refractivity contribution >= 4 is 23.2 Å². The first-order valence-corrected chi connectivity index (χ1v) is 6.17. The molecule has 0 heterocycles. The fourth-order valence-electron chi connectivity index (χ4n) is 1.91. The number of hydrogen-bond acceptors (Lipinski definition) is 1. The zero-order valence-corrected chi connectivity index (χ0v) is 10.7. The molecule has 0 spiro atoms. The van der Waals surface area contributed by atoms with Crippen LogP contribution in [0.25, 0.3) is 0 Å². The minimum Gasteiger partial charge on any atom is -0.330 e. The van der Waals surface area contributed by atoms with Gasteiger partial charge in [0.25, 0.3) is 0 Å². The highest BCUT2D eigenvalue weighted by atomic mass is 35.5. The minimum absolute atomic E-state index is 0.132. The Labute approximate surface area is 111 Å². The van der Waals surface area contributed by atoms with Gasteiger partial charge in [0, 0.05) is 22.5 Å². The van der Waals surface area contributed by atoms with E-state index in [4.69, 9.17) is 28.9 Å². The highest BCUT2D eigenvalue weighted by Crippen LogP contribution is 2.27. The molecule has 0 aromatic heterocycles. The molecule has 0 unspecified atom stereocenters. The van der Waals surface area contributed by atoms with E-state index in [-0.39, 0.29) is 5.92 Å². The lowest BCUT2D eigenvalue weighted by Crippen LogP contribution is -2.13. The molecule has 0 atom stereocenters. The van der Waals surface area contributed by atoms with Crippen LogP contribution < -0.4 is 5.73 Å². The van der Waals surface area contributed by atoms with Gasteiger partial charge in [0.05, 0.1) is 0 Å². The van der Waals surface area contributed by atoms with Gasteiger partial charge < -0.3 is 5.73 Å². The molecule has 0 bridgehead atoms. The van der Waals surface area contributed by atoms with E-state index in [1.165, 1.54) is 0 Å². The SMILES string of the molecule is NCC(c1cccc(Cl)c1)c1cccc(Cl)c1. The van der Waals surface area contributed by atoms with Gasteiger partial charge in [0.2, 0.25) is 0 Å². The van der Waals surface area contributed by atoms with Crippen molar-refractivity contribution in [3.05, 3.63) is 69.7 Å². The van der Waals surface area contributed by atoms with Gasteiger partial charge in [-0.2, -0.15) is 0 Å². The number of rotatable bonds is 3. The topological polar surface area (TPSA) is 26.0 Å². The van der Waals surface area contributed by atoms with Gasteiger partial charge in [0.1, 0.15) is 0 Å². The minimum atomic E-state index is 0.132. The number of nitrogens with two attached hydrogens (primary N) is 1. The third-order valence-corrected chi connectivity index (χ3v) is 3.21. The summed E-state index contributed by atoms with van der Waals surface area (Å²) in [5.74, 6) is 0.132. The van der Waals surface area contributed by atoms with Crippen LogP contribution in [0.15, 0.2) is 48.5 Å². The molecule has 88 valence electrons. The van der Waals surface area contributed by atoms with Crippen molar-refractivity contribution in [1.82, 2.24) is 0 Å². The smallest absolute Gasteiger partial charge is 0.0408 e. The summed E-state index contributed by atoms with van der Waals surface area (Å²) in [5, 5.41) is 1.45. The van der Waals surface area contributed by atoms with Gasteiger partial charge in [-0.05, 0) is 35.4 Å². The lowest BCUT2D eigenvalue weighted by atomic mass is 9.91. The molecular weight excluding hydrogens is 253 g/mol. The van der Waals surface area contributed by atoms with Crippen LogP contribution in [0, 0.1) is 0 Å². The Morgan fingerprint density at radius 3 is 1.71 bits per heavy atom. The molecule has 3 heteroatoms. The summed E-state index contributed by atoms with van der Waals surface area (Å²) in [4.78, 5) is 0. The molecular formula is C14H13Cl2N. The van der Waals surface area contributed by atoms with E-state index in [0.29, 0.717) is 6.54 Å². The average Bonchev–Trinajstić information content (AvgIpc) is 2.30. The van der Waals surface area contributed by atoms with Crippen molar-refractivity contribution in [3.8, 4) is 0 Å². The van der Waals surface area contributed by atoms with E-state index in [1.807, 2.05) is 48.5 Å². The maximum absolute atomic E-state index is 6.00. The normalized spacial score (nSPS) is 10.8. The van der Waals surface area contributed by atoms with E-state index in [9.17, 15) is 0 Å². The third kappa shape index (κ3) is 3.01. The number of halogens is 2. The van der Waals surface area contributed by atoms with Crippen molar-refractivity contribution < 1.29 is 0 Å². The zero-order valence-electron chi connectivity index (χ0n) is 9.24. The molecule has 0 fully saturated rings. The maximum atomic E-state index is 6.00. The molecule has 0 aliphatic carbocycles. The fourth-order valence-corrected chi connectivity index (χ4v) is 2.31. The summed E-state index contributed by atoms with van der Waals surface area (Å²) in [5.41, 5.74) is 8.08. The summed E-state index contributed by atoms with van der Waals surface area (Å²) >= 11 is 12.0. The lowest BCUT2D eigenvalue weighted by Gasteiger charge is -2.16. The second-order valence-corrected chi connectivity index (χ2v) is 4.77. The molecule has 2 rings (SSSR count). The first kappa shape index (κ1) is 12.4. The maximum Gasteiger partial charge on any atom is 0.0408 e. The van der Waals surface area contributed by atoms with Crippen LogP contribution in [0.2, 0.25) is 10.0 Å². The van der Waals surface area contributed by atoms with Gasteiger partial charge in [-0.15, -0.1) is 0 Å². The van der Waals surface area contributed by atoms with E-state index in [0.717, 1.165) is 21.2 Å². The van der Waals surface area contributed by atoms with Crippen molar-refractivity contribution in [2.45, 2.75) is 5.92 Å².